The quantitative estimate of drug-likeness (QED) is 0.261. The summed E-state index contributed by atoms with van der Waals surface area (Å²) < 4.78 is 1.77. The fourth-order valence-corrected chi connectivity index (χ4v) is 3.63. The zero-order valence-electron chi connectivity index (χ0n) is 19.5. The lowest BCUT2D eigenvalue weighted by atomic mass is 10.2. The van der Waals surface area contributed by atoms with Crippen LogP contribution in [0, 0.1) is 0 Å². The molecule has 1 aromatic heterocycles. The summed E-state index contributed by atoms with van der Waals surface area (Å²) >= 11 is 0. The van der Waals surface area contributed by atoms with Crippen LogP contribution in [0.15, 0.2) is 109 Å². The average Bonchev–Trinajstić information content (AvgIpc) is 3.36. The van der Waals surface area contributed by atoms with Gasteiger partial charge in [-0.05, 0) is 54.6 Å². The van der Waals surface area contributed by atoms with E-state index in [1.54, 1.807) is 35.0 Å². The van der Waals surface area contributed by atoms with Crippen LogP contribution in [0.2, 0.25) is 0 Å². The average molecular weight is 491 g/mol. The number of anilines is 2. The van der Waals surface area contributed by atoms with Crippen LogP contribution in [-0.4, -0.2) is 31.7 Å². The van der Waals surface area contributed by atoms with Gasteiger partial charge in [0.05, 0.1) is 5.69 Å². The molecule has 2 amide bonds. The van der Waals surface area contributed by atoms with Gasteiger partial charge in [0.25, 0.3) is 11.8 Å². The smallest absolute Gasteiger partial charge is 0.269 e. The van der Waals surface area contributed by atoms with Crippen LogP contribution in [0.1, 0.15) is 20.7 Å². The number of hydrazine groups is 1. The predicted octanol–water partition coefficient (Wildman–Crippen LogP) is 4.46. The number of hydrogen-bond acceptors (Lipinski definition) is 6. The molecule has 0 aliphatic heterocycles. The Morgan fingerprint density at radius 2 is 1.35 bits per heavy atom. The molecule has 9 heteroatoms. The second kappa shape index (κ2) is 10.4. The molecule has 0 unspecified atom stereocenters. The number of aromatic hydroxyl groups is 1. The summed E-state index contributed by atoms with van der Waals surface area (Å²) in [6.07, 6.45) is 0. The van der Waals surface area contributed by atoms with Crippen molar-refractivity contribution < 1.29 is 14.7 Å². The van der Waals surface area contributed by atoms with Gasteiger partial charge < -0.3 is 10.4 Å². The Kier molecular flexibility index (Phi) is 6.58. The van der Waals surface area contributed by atoms with Gasteiger partial charge in [-0.2, -0.15) is 4.98 Å². The number of aromatic nitrogens is 3. The highest BCUT2D eigenvalue weighted by Gasteiger charge is 2.14. The second-order valence-corrected chi connectivity index (χ2v) is 8.03. The largest absolute Gasteiger partial charge is 0.508 e. The Hall–Kier alpha value is -5.44. The van der Waals surface area contributed by atoms with Crippen LogP contribution in [0.5, 0.6) is 5.75 Å². The van der Waals surface area contributed by atoms with Gasteiger partial charge in [0.1, 0.15) is 5.75 Å². The summed E-state index contributed by atoms with van der Waals surface area (Å²) in [6.45, 7) is 0. The Bertz CT molecular complexity index is 1480. The van der Waals surface area contributed by atoms with Crippen molar-refractivity contribution in [3.05, 3.63) is 120 Å². The Labute approximate surface area is 212 Å². The van der Waals surface area contributed by atoms with Gasteiger partial charge in [0.15, 0.2) is 5.82 Å². The Balaban J connectivity index is 1.29. The first-order valence-corrected chi connectivity index (χ1v) is 11.4. The van der Waals surface area contributed by atoms with Crippen molar-refractivity contribution in [2.24, 2.45) is 0 Å². The van der Waals surface area contributed by atoms with E-state index in [0.29, 0.717) is 23.0 Å². The van der Waals surface area contributed by atoms with E-state index in [1.807, 2.05) is 60.7 Å². The van der Waals surface area contributed by atoms with E-state index in [4.69, 9.17) is 0 Å². The van der Waals surface area contributed by atoms with E-state index >= 15 is 0 Å². The third-order valence-corrected chi connectivity index (χ3v) is 5.44. The number of nitrogens with zero attached hydrogens (tertiary/aromatic N) is 3. The van der Waals surface area contributed by atoms with Crippen molar-refractivity contribution >= 4 is 23.5 Å². The molecule has 9 nitrogen and oxygen atoms in total. The number of benzene rings is 4. The summed E-state index contributed by atoms with van der Waals surface area (Å²) in [4.78, 5) is 29.3. The van der Waals surface area contributed by atoms with E-state index < -0.39 is 11.8 Å². The molecule has 4 aromatic carbocycles. The zero-order valence-corrected chi connectivity index (χ0v) is 19.5. The molecule has 0 aliphatic rings. The first kappa shape index (κ1) is 23.3. The minimum absolute atomic E-state index is 0.0407. The molecule has 0 atom stereocenters. The number of nitrogens with one attached hydrogen (secondary N) is 3. The second-order valence-electron chi connectivity index (χ2n) is 8.03. The molecule has 0 spiro atoms. The summed E-state index contributed by atoms with van der Waals surface area (Å²) in [5.41, 5.74) is 7.74. The molecule has 0 saturated carbocycles. The highest BCUT2D eigenvalue weighted by Crippen LogP contribution is 2.24. The number of amides is 2. The molecule has 5 aromatic rings. The van der Waals surface area contributed by atoms with Crippen molar-refractivity contribution in [1.29, 1.82) is 0 Å². The summed E-state index contributed by atoms with van der Waals surface area (Å²) in [5.74, 6) is 0.0156. The van der Waals surface area contributed by atoms with Crippen molar-refractivity contribution in [3.63, 3.8) is 0 Å². The third-order valence-electron chi connectivity index (χ3n) is 5.44. The van der Waals surface area contributed by atoms with E-state index in [0.717, 1.165) is 11.3 Å². The highest BCUT2D eigenvalue weighted by molar-refractivity contribution is 5.99. The fraction of sp³-hybridized carbons (Fsp3) is 0. The summed E-state index contributed by atoms with van der Waals surface area (Å²) in [6, 6.07) is 32.0. The third kappa shape index (κ3) is 5.46. The van der Waals surface area contributed by atoms with Crippen molar-refractivity contribution in [1.82, 2.24) is 25.6 Å². The van der Waals surface area contributed by atoms with Crippen molar-refractivity contribution in [2.45, 2.75) is 0 Å². The number of carbonyl (C=O) groups excluding carboxylic acids is 2. The minimum atomic E-state index is -0.545. The SMILES string of the molecule is O=C(NNC(=O)c1cccc(O)c1)c1ccc(Nc2nc(-c3ccccc3)n(-c3ccccc3)n2)cc1. The molecule has 5 rings (SSSR count). The number of hydrogen-bond donors (Lipinski definition) is 4. The lowest BCUT2D eigenvalue weighted by Crippen LogP contribution is -2.41. The standard InChI is InChI=1S/C28H22N6O3/c35-24-13-7-10-21(18-24)27(37)32-31-26(36)20-14-16-22(17-15-20)29-28-30-25(19-8-3-1-4-9-19)34(33-28)23-11-5-2-6-12-23/h1-18,35H,(H,29,33)(H,31,36)(H,32,37). The molecule has 4 N–H and O–H groups in total. The Morgan fingerprint density at radius 3 is 2.03 bits per heavy atom. The van der Waals surface area contributed by atoms with E-state index in [-0.39, 0.29) is 11.3 Å². The van der Waals surface area contributed by atoms with Crippen LogP contribution in [0.25, 0.3) is 17.1 Å². The van der Waals surface area contributed by atoms with E-state index in [1.165, 1.54) is 18.2 Å². The molecule has 0 fully saturated rings. The van der Waals surface area contributed by atoms with Gasteiger partial charge in [0.2, 0.25) is 5.95 Å². The van der Waals surface area contributed by atoms with Crippen molar-refractivity contribution in [2.75, 3.05) is 5.32 Å². The molecule has 0 radical (unpaired) electrons. The normalized spacial score (nSPS) is 10.5. The number of carbonyl (C=O) groups is 2. The lowest BCUT2D eigenvalue weighted by Gasteiger charge is -2.08. The number of phenols is 1. The molecule has 1 heterocycles. The molecule has 0 saturated heterocycles. The predicted molar refractivity (Wildman–Crippen MR) is 140 cm³/mol. The highest BCUT2D eigenvalue weighted by atomic mass is 16.3. The molecule has 37 heavy (non-hydrogen) atoms. The zero-order chi connectivity index (χ0) is 25.6. The number of phenolic OH excluding ortho intramolecular Hbond substituents is 1. The Morgan fingerprint density at radius 1 is 0.703 bits per heavy atom. The van der Waals surface area contributed by atoms with Gasteiger partial charge in [-0.25, -0.2) is 4.68 Å². The first-order chi connectivity index (χ1) is 18.1. The molecule has 182 valence electrons. The van der Waals surface area contributed by atoms with Gasteiger partial charge in [-0.3, -0.25) is 20.4 Å². The summed E-state index contributed by atoms with van der Waals surface area (Å²) in [5, 5.41) is 17.3. The van der Waals surface area contributed by atoms with Crippen LogP contribution in [0.4, 0.5) is 11.6 Å². The van der Waals surface area contributed by atoms with E-state index in [2.05, 4.69) is 26.3 Å². The maximum absolute atomic E-state index is 12.5. The van der Waals surface area contributed by atoms with Crippen LogP contribution in [0.3, 0.4) is 0 Å². The van der Waals surface area contributed by atoms with Crippen molar-refractivity contribution in [3.8, 4) is 22.8 Å². The molecular formula is C28H22N6O3. The fourth-order valence-electron chi connectivity index (χ4n) is 3.63. The summed E-state index contributed by atoms with van der Waals surface area (Å²) in [7, 11) is 0. The lowest BCUT2D eigenvalue weighted by molar-refractivity contribution is 0.0846. The maximum Gasteiger partial charge on any atom is 0.269 e. The minimum Gasteiger partial charge on any atom is -0.508 e. The first-order valence-electron chi connectivity index (χ1n) is 11.4. The van der Waals surface area contributed by atoms with E-state index in [9.17, 15) is 14.7 Å². The molecule has 0 bridgehead atoms. The molecular weight excluding hydrogens is 468 g/mol. The van der Waals surface area contributed by atoms with Gasteiger partial charge >= 0.3 is 0 Å². The van der Waals surface area contributed by atoms with Gasteiger partial charge in [-0.1, -0.05) is 54.6 Å². The molecule has 0 aliphatic carbocycles. The van der Waals surface area contributed by atoms with Crippen LogP contribution in [-0.2, 0) is 0 Å². The topological polar surface area (TPSA) is 121 Å². The van der Waals surface area contributed by atoms with Gasteiger partial charge in [0, 0.05) is 22.4 Å². The monoisotopic (exact) mass is 490 g/mol. The maximum atomic E-state index is 12.5. The van der Waals surface area contributed by atoms with Crippen LogP contribution < -0.4 is 16.2 Å². The van der Waals surface area contributed by atoms with Crippen LogP contribution >= 0.6 is 0 Å². The number of para-hydroxylation sites is 1. The van der Waals surface area contributed by atoms with Gasteiger partial charge in [-0.15, -0.1) is 5.10 Å². The number of rotatable bonds is 6.